The van der Waals surface area contributed by atoms with E-state index in [9.17, 15) is 4.91 Å². The number of ether oxygens (including phenoxy) is 1. The van der Waals surface area contributed by atoms with Crippen LogP contribution in [0.2, 0.25) is 0 Å². The summed E-state index contributed by atoms with van der Waals surface area (Å²) in [4.78, 5) is 9.65. The van der Waals surface area contributed by atoms with E-state index in [0.717, 1.165) is 0 Å². The summed E-state index contributed by atoms with van der Waals surface area (Å²) in [6.07, 6.45) is 0. The van der Waals surface area contributed by atoms with Crippen LogP contribution < -0.4 is 0 Å². The van der Waals surface area contributed by atoms with Crippen molar-refractivity contribution in [3.8, 4) is 0 Å². The Labute approximate surface area is 49.0 Å². The summed E-state index contributed by atoms with van der Waals surface area (Å²) in [6.45, 7) is 3.84. The monoisotopic (exact) mass is 117 g/mol. The molecule has 0 saturated carbocycles. The second kappa shape index (κ2) is 2.77. The molecule has 0 bridgehead atoms. The molecule has 48 valence electrons. The van der Waals surface area contributed by atoms with Gasteiger partial charge in [-0.1, -0.05) is 5.18 Å². The van der Waals surface area contributed by atoms with Crippen LogP contribution in [0.25, 0.3) is 0 Å². The molecule has 0 aromatic carbocycles. The number of hydrogen-bond donors (Lipinski definition) is 0. The maximum absolute atomic E-state index is 9.65. The van der Waals surface area contributed by atoms with Crippen molar-refractivity contribution in [1.29, 1.82) is 0 Å². The third-order valence-electron chi connectivity index (χ3n) is 0.998. The van der Waals surface area contributed by atoms with Gasteiger partial charge in [0.2, 0.25) is 0 Å². The quantitative estimate of drug-likeness (QED) is 0.520. The summed E-state index contributed by atoms with van der Waals surface area (Å²) in [5.41, 5.74) is -0.387. The third kappa shape index (κ3) is 2.69. The molecule has 0 N–H and O–H groups in total. The van der Waals surface area contributed by atoms with Gasteiger partial charge in [-0.25, -0.2) is 0 Å². The van der Waals surface area contributed by atoms with Gasteiger partial charge in [0.15, 0.2) is 0 Å². The highest BCUT2D eigenvalue weighted by molar-refractivity contribution is 4.69. The predicted molar refractivity (Wildman–Crippen MR) is 31.7 cm³/mol. The molecular formula is C5H11NO2. The Morgan fingerprint density at radius 3 is 2.25 bits per heavy atom. The molecule has 0 spiro atoms. The smallest absolute Gasteiger partial charge is 0.109 e. The first kappa shape index (κ1) is 7.56. The van der Waals surface area contributed by atoms with E-state index in [2.05, 4.69) is 5.18 Å². The molecule has 3 heteroatoms. The molecule has 0 radical (unpaired) electrons. The summed E-state index contributed by atoms with van der Waals surface area (Å²) >= 11 is 0. The fourth-order valence-electron chi connectivity index (χ4n) is 0.220. The van der Waals surface area contributed by atoms with Gasteiger partial charge < -0.3 is 4.74 Å². The molecular weight excluding hydrogens is 106 g/mol. The van der Waals surface area contributed by atoms with E-state index in [1.807, 2.05) is 13.8 Å². The fourth-order valence-corrected chi connectivity index (χ4v) is 0.220. The van der Waals surface area contributed by atoms with Gasteiger partial charge >= 0.3 is 0 Å². The van der Waals surface area contributed by atoms with Crippen molar-refractivity contribution in [2.24, 2.45) is 5.18 Å². The Kier molecular flexibility index (Phi) is 2.62. The van der Waals surface area contributed by atoms with Crippen LogP contribution in [-0.4, -0.2) is 19.3 Å². The van der Waals surface area contributed by atoms with Crippen molar-refractivity contribution in [1.82, 2.24) is 0 Å². The first-order chi connectivity index (χ1) is 3.62. The Hall–Kier alpha value is -0.440. The van der Waals surface area contributed by atoms with Gasteiger partial charge in [-0.15, -0.1) is 0 Å². The summed E-state index contributed by atoms with van der Waals surface area (Å²) < 4.78 is 4.88. The van der Waals surface area contributed by atoms with Crippen molar-refractivity contribution in [3.05, 3.63) is 4.91 Å². The zero-order valence-electron chi connectivity index (χ0n) is 5.47. The van der Waals surface area contributed by atoms with Crippen LogP contribution >= 0.6 is 0 Å². The van der Waals surface area contributed by atoms with Crippen molar-refractivity contribution >= 4 is 0 Å². The zero-order chi connectivity index (χ0) is 6.62. The minimum atomic E-state index is -0.387. The van der Waals surface area contributed by atoms with E-state index < -0.39 is 0 Å². The van der Waals surface area contributed by atoms with E-state index in [0.29, 0.717) is 0 Å². The third-order valence-corrected chi connectivity index (χ3v) is 0.998. The van der Waals surface area contributed by atoms with Gasteiger partial charge in [0, 0.05) is 7.11 Å². The van der Waals surface area contributed by atoms with Crippen LogP contribution in [0.1, 0.15) is 13.8 Å². The van der Waals surface area contributed by atoms with Gasteiger partial charge in [0.1, 0.15) is 6.54 Å². The van der Waals surface area contributed by atoms with Gasteiger partial charge in [-0.05, 0) is 13.8 Å². The number of rotatable bonds is 3. The summed E-state index contributed by atoms with van der Waals surface area (Å²) in [5, 5.41) is 2.70. The lowest BCUT2D eigenvalue weighted by atomic mass is 10.1. The molecule has 0 saturated heterocycles. The van der Waals surface area contributed by atoms with Crippen LogP contribution in [-0.2, 0) is 4.74 Å². The predicted octanol–water partition coefficient (Wildman–Crippen LogP) is 1.18. The minimum Gasteiger partial charge on any atom is -0.377 e. The molecule has 0 rings (SSSR count). The lowest BCUT2D eigenvalue weighted by Gasteiger charge is -2.17. The molecule has 0 amide bonds. The molecule has 0 aromatic heterocycles. The highest BCUT2D eigenvalue weighted by atomic mass is 16.5. The highest BCUT2D eigenvalue weighted by Gasteiger charge is 2.15. The van der Waals surface area contributed by atoms with E-state index in [4.69, 9.17) is 4.74 Å². The van der Waals surface area contributed by atoms with Crippen molar-refractivity contribution in [2.45, 2.75) is 19.4 Å². The first-order valence-electron chi connectivity index (χ1n) is 2.46. The lowest BCUT2D eigenvalue weighted by Crippen LogP contribution is -2.25. The normalized spacial score (nSPS) is 11.4. The molecule has 0 fully saturated rings. The van der Waals surface area contributed by atoms with Crippen molar-refractivity contribution in [3.63, 3.8) is 0 Å². The number of hydrogen-bond acceptors (Lipinski definition) is 3. The van der Waals surface area contributed by atoms with Crippen LogP contribution in [0.4, 0.5) is 0 Å². The summed E-state index contributed by atoms with van der Waals surface area (Å²) in [7, 11) is 1.56. The Bertz CT molecular complexity index is 80.5. The highest BCUT2D eigenvalue weighted by Crippen LogP contribution is 2.05. The van der Waals surface area contributed by atoms with E-state index in [-0.39, 0.29) is 12.1 Å². The molecule has 0 aliphatic carbocycles. The zero-order valence-corrected chi connectivity index (χ0v) is 5.47. The Morgan fingerprint density at radius 1 is 1.62 bits per heavy atom. The lowest BCUT2D eigenvalue weighted by molar-refractivity contribution is 0.0309. The molecule has 0 aliphatic heterocycles. The van der Waals surface area contributed by atoms with Crippen molar-refractivity contribution < 1.29 is 4.74 Å². The average molecular weight is 117 g/mol. The van der Waals surface area contributed by atoms with Gasteiger partial charge in [-0.3, -0.25) is 0 Å². The van der Waals surface area contributed by atoms with Gasteiger partial charge in [0.25, 0.3) is 0 Å². The standard InChI is InChI=1S/C5H11NO2/c1-5(2,8-3)4-6-7/h4H2,1-3H3. The van der Waals surface area contributed by atoms with E-state index in [1.54, 1.807) is 7.11 Å². The van der Waals surface area contributed by atoms with E-state index in [1.165, 1.54) is 0 Å². The molecule has 0 unspecified atom stereocenters. The van der Waals surface area contributed by atoms with Crippen LogP contribution in [0.5, 0.6) is 0 Å². The van der Waals surface area contributed by atoms with Crippen LogP contribution in [0.15, 0.2) is 5.18 Å². The maximum atomic E-state index is 9.65. The molecule has 0 atom stereocenters. The molecule has 0 aliphatic rings. The number of nitroso groups, excluding NO2 is 1. The largest absolute Gasteiger partial charge is 0.377 e. The molecule has 3 nitrogen and oxygen atoms in total. The van der Waals surface area contributed by atoms with Crippen LogP contribution in [0.3, 0.4) is 0 Å². The minimum absolute atomic E-state index is 0.212. The van der Waals surface area contributed by atoms with Gasteiger partial charge in [-0.2, -0.15) is 4.91 Å². The maximum Gasteiger partial charge on any atom is 0.109 e. The van der Waals surface area contributed by atoms with Crippen LogP contribution in [0, 0.1) is 4.91 Å². The summed E-state index contributed by atoms with van der Waals surface area (Å²) in [5.74, 6) is 0. The number of methoxy groups -OCH3 is 1. The summed E-state index contributed by atoms with van der Waals surface area (Å²) in [6, 6.07) is 0. The molecule has 8 heavy (non-hydrogen) atoms. The number of nitrogens with zero attached hydrogens (tertiary/aromatic N) is 1. The average Bonchev–Trinajstić information content (AvgIpc) is 1.67. The second-order valence-electron chi connectivity index (χ2n) is 2.25. The molecule has 0 aromatic rings. The topological polar surface area (TPSA) is 38.7 Å². The Balaban J connectivity index is 3.53. The Morgan fingerprint density at radius 2 is 2.12 bits per heavy atom. The van der Waals surface area contributed by atoms with E-state index >= 15 is 0 Å². The first-order valence-corrected chi connectivity index (χ1v) is 2.46. The van der Waals surface area contributed by atoms with Gasteiger partial charge in [0.05, 0.1) is 5.60 Å². The molecule has 0 heterocycles. The SMILES string of the molecule is COC(C)(C)CN=O. The second-order valence-corrected chi connectivity index (χ2v) is 2.25. The van der Waals surface area contributed by atoms with Crippen molar-refractivity contribution in [2.75, 3.05) is 13.7 Å². The fraction of sp³-hybridized carbons (Fsp3) is 1.00.